The summed E-state index contributed by atoms with van der Waals surface area (Å²) in [6.45, 7) is 1.01. The van der Waals surface area contributed by atoms with Crippen LogP contribution in [0.25, 0.3) is 39.4 Å². The average molecular weight is 662 g/mol. The van der Waals surface area contributed by atoms with Gasteiger partial charge >= 0.3 is 23.1 Å². The van der Waals surface area contributed by atoms with Crippen LogP contribution in [0, 0.1) is 0 Å². The first-order chi connectivity index (χ1) is 22.2. The van der Waals surface area contributed by atoms with Crippen molar-refractivity contribution in [1.82, 2.24) is 0 Å². The second-order valence-corrected chi connectivity index (χ2v) is 13.1. The molecule has 0 radical (unpaired) electrons. The van der Waals surface area contributed by atoms with Gasteiger partial charge < -0.3 is 13.7 Å². The molecule has 2 heterocycles. The molecule has 2 atom stereocenters. The van der Waals surface area contributed by atoms with Gasteiger partial charge in [0.2, 0.25) is 5.58 Å². The minimum Gasteiger partial charge on any atom is -0.748 e. The van der Waals surface area contributed by atoms with Crippen LogP contribution in [0.3, 0.4) is 0 Å². The SMILES string of the molecule is O=S(O)OCCC[NH+]1C(=Cc2oc3ccc(-c4ccccc4)cc3[n+]2CCCCS(=O)(=O)[O-])Oc2ccc(-c3ccccc3)cc21. The molecule has 2 unspecified atom stereocenters. The van der Waals surface area contributed by atoms with E-state index >= 15 is 0 Å². The van der Waals surface area contributed by atoms with Crippen molar-refractivity contribution in [3.05, 3.63) is 109 Å². The molecule has 1 aromatic heterocycles. The number of benzene rings is 4. The number of ether oxygens (including phenoxy) is 1. The first kappa shape index (κ1) is 31.8. The third-order valence-electron chi connectivity index (χ3n) is 7.80. The fraction of sp³-hybridized carbons (Fsp3) is 0.206. The molecule has 0 amide bonds. The molecule has 1 aliphatic rings. The molecule has 0 spiro atoms. The van der Waals surface area contributed by atoms with E-state index in [0.29, 0.717) is 49.0 Å². The highest BCUT2D eigenvalue weighted by atomic mass is 32.2. The molecule has 1 aliphatic heterocycles. The van der Waals surface area contributed by atoms with E-state index in [-0.39, 0.29) is 13.0 Å². The third-order valence-corrected chi connectivity index (χ3v) is 8.96. The van der Waals surface area contributed by atoms with Crippen LogP contribution in [0.5, 0.6) is 5.75 Å². The van der Waals surface area contributed by atoms with Gasteiger partial charge in [0.05, 0.1) is 23.3 Å². The molecular weight excluding hydrogens is 629 g/mol. The molecule has 0 saturated carbocycles. The summed E-state index contributed by atoms with van der Waals surface area (Å²) in [5.41, 5.74) is 6.49. The number of nitrogens with zero attached hydrogens (tertiary/aromatic N) is 1. The largest absolute Gasteiger partial charge is 0.748 e. The van der Waals surface area contributed by atoms with Crippen molar-refractivity contribution in [2.75, 3.05) is 18.9 Å². The lowest BCUT2D eigenvalue weighted by atomic mass is 10.0. The summed E-state index contributed by atoms with van der Waals surface area (Å²) in [6, 6.07) is 31.9. The van der Waals surface area contributed by atoms with Crippen molar-refractivity contribution >= 4 is 44.3 Å². The maximum absolute atomic E-state index is 11.3. The summed E-state index contributed by atoms with van der Waals surface area (Å²) in [5, 5.41) is 0. The molecule has 4 aromatic carbocycles. The van der Waals surface area contributed by atoms with Crippen LogP contribution >= 0.6 is 0 Å². The van der Waals surface area contributed by atoms with Crippen molar-refractivity contribution in [2.45, 2.75) is 25.8 Å². The van der Waals surface area contributed by atoms with Gasteiger partial charge in [0.25, 0.3) is 5.52 Å². The maximum atomic E-state index is 11.3. The summed E-state index contributed by atoms with van der Waals surface area (Å²) < 4.78 is 73.5. The van der Waals surface area contributed by atoms with Gasteiger partial charge in [-0.2, -0.15) is 8.78 Å². The van der Waals surface area contributed by atoms with Crippen molar-refractivity contribution < 1.29 is 44.5 Å². The Morgan fingerprint density at radius 2 is 1.54 bits per heavy atom. The fourth-order valence-electron chi connectivity index (χ4n) is 5.64. The number of aromatic nitrogens is 1. The van der Waals surface area contributed by atoms with Crippen LogP contribution in [0.15, 0.2) is 107 Å². The Kier molecular flexibility index (Phi) is 9.73. The number of rotatable bonds is 13. The van der Waals surface area contributed by atoms with Gasteiger partial charge in [0.15, 0.2) is 24.1 Å². The van der Waals surface area contributed by atoms with Crippen LogP contribution in [0.2, 0.25) is 0 Å². The van der Waals surface area contributed by atoms with Crippen LogP contribution in [0.4, 0.5) is 5.69 Å². The minimum atomic E-state index is -4.32. The second-order valence-electron chi connectivity index (χ2n) is 10.9. The topological polar surface area (TPSA) is 134 Å². The van der Waals surface area contributed by atoms with Crippen LogP contribution < -0.4 is 14.2 Å². The van der Waals surface area contributed by atoms with Crippen molar-refractivity contribution in [3.63, 3.8) is 0 Å². The molecule has 2 N–H and O–H groups in total. The van der Waals surface area contributed by atoms with Crippen LogP contribution in [-0.4, -0.2) is 40.6 Å². The quantitative estimate of drug-likeness (QED) is 0.0794. The number of quaternary nitrogens is 1. The molecule has 5 aromatic rings. The normalized spacial score (nSPS) is 16.0. The molecule has 46 heavy (non-hydrogen) atoms. The Balaban J connectivity index is 1.39. The minimum absolute atomic E-state index is 0.0864. The van der Waals surface area contributed by atoms with E-state index in [9.17, 15) is 17.2 Å². The van der Waals surface area contributed by atoms with Gasteiger partial charge in [-0.25, -0.2) is 13.3 Å². The Bertz CT molecular complexity index is 1990. The standard InChI is InChI=1S/C34H32N2O8S2/c37-45(38)42-20-9-19-36-30-23-28(26-12-5-2-6-13-26)15-17-32(30)44-34(36)24-33-35(18-7-8-21-46(39,40)41)29-22-27(14-16-31(29)43-33)25-10-3-1-4-11-25/h1-6,10-17,22-24H,7-9,18-21H2,(H-,37,38,39,40,41)/p+1. The fourth-order valence-corrected chi connectivity index (χ4v) is 6.46. The van der Waals surface area contributed by atoms with Gasteiger partial charge in [-0.1, -0.05) is 72.8 Å². The summed E-state index contributed by atoms with van der Waals surface area (Å²) in [4.78, 5) is 0.898. The van der Waals surface area contributed by atoms with E-state index in [2.05, 4.69) is 6.07 Å². The highest BCUT2D eigenvalue weighted by Crippen LogP contribution is 2.33. The zero-order valence-electron chi connectivity index (χ0n) is 24.8. The predicted octanol–water partition coefficient (Wildman–Crippen LogP) is 4.83. The van der Waals surface area contributed by atoms with E-state index < -0.39 is 27.2 Å². The molecule has 6 rings (SSSR count). The Morgan fingerprint density at radius 1 is 0.870 bits per heavy atom. The first-order valence-corrected chi connectivity index (χ1v) is 17.5. The van der Waals surface area contributed by atoms with E-state index in [4.69, 9.17) is 17.9 Å². The Morgan fingerprint density at radius 3 is 2.22 bits per heavy atom. The summed E-state index contributed by atoms with van der Waals surface area (Å²) in [5.74, 6) is 1.32. The van der Waals surface area contributed by atoms with E-state index in [1.807, 2.05) is 102 Å². The number of fused-ring (bicyclic) bond motifs is 2. The van der Waals surface area contributed by atoms with Crippen molar-refractivity contribution in [2.24, 2.45) is 0 Å². The molecule has 0 fully saturated rings. The zero-order valence-corrected chi connectivity index (χ0v) is 26.5. The van der Waals surface area contributed by atoms with Gasteiger partial charge in [-0.3, -0.25) is 8.74 Å². The Labute approximate surface area is 269 Å². The zero-order chi connectivity index (χ0) is 32.1. The van der Waals surface area contributed by atoms with E-state index in [0.717, 1.165) is 38.4 Å². The number of hydrogen-bond donors (Lipinski definition) is 2. The summed E-state index contributed by atoms with van der Waals surface area (Å²) >= 11 is -2.35. The smallest absolute Gasteiger partial charge is 0.383 e. The summed E-state index contributed by atoms with van der Waals surface area (Å²) in [6.07, 6.45) is 2.96. The van der Waals surface area contributed by atoms with Gasteiger partial charge in [0, 0.05) is 30.7 Å². The summed E-state index contributed by atoms with van der Waals surface area (Å²) in [7, 11) is -4.32. The van der Waals surface area contributed by atoms with Crippen LogP contribution in [-0.2, 0) is 32.2 Å². The number of oxazole rings is 1. The lowest BCUT2D eigenvalue weighted by Crippen LogP contribution is -3.04. The van der Waals surface area contributed by atoms with Gasteiger partial charge in [0.1, 0.15) is 0 Å². The van der Waals surface area contributed by atoms with Crippen molar-refractivity contribution in [1.29, 1.82) is 0 Å². The number of aryl methyl sites for hydroxylation is 1. The average Bonchev–Trinajstić information content (AvgIpc) is 3.57. The maximum Gasteiger partial charge on any atom is 0.383 e. The highest BCUT2D eigenvalue weighted by Gasteiger charge is 2.35. The van der Waals surface area contributed by atoms with E-state index in [1.54, 1.807) is 0 Å². The van der Waals surface area contributed by atoms with Crippen molar-refractivity contribution in [3.8, 4) is 28.0 Å². The number of nitrogens with one attached hydrogen (secondary N) is 1. The molecule has 0 saturated heterocycles. The lowest BCUT2D eigenvalue weighted by molar-refractivity contribution is -0.795. The Hall–Kier alpha value is -4.17. The molecule has 238 valence electrons. The molecule has 0 aliphatic carbocycles. The highest BCUT2D eigenvalue weighted by molar-refractivity contribution is 7.85. The monoisotopic (exact) mass is 661 g/mol. The second kappa shape index (κ2) is 14.1. The third kappa shape index (κ3) is 7.61. The number of hydrogen-bond acceptors (Lipinski definition) is 7. The van der Waals surface area contributed by atoms with E-state index in [1.165, 1.54) is 0 Å². The molecule has 10 nitrogen and oxygen atoms in total. The van der Waals surface area contributed by atoms with Gasteiger partial charge in [-0.05, 0) is 40.8 Å². The lowest BCUT2D eigenvalue weighted by Gasteiger charge is -2.12. The first-order valence-electron chi connectivity index (χ1n) is 14.9. The number of unbranched alkanes of at least 4 members (excludes halogenated alkanes) is 1. The molecule has 12 heteroatoms. The van der Waals surface area contributed by atoms with Crippen LogP contribution in [0.1, 0.15) is 25.2 Å². The molecular formula is C34H33N2O8S2+. The van der Waals surface area contributed by atoms with Gasteiger partial charge in [-0.15, -0.1) is 0 Å². The molecule has 0 bridgehead atoms. The predicted molar refractivity (Wildman–Crippen MR) is 173 cm³/mol.